The number of aryl methyl sites for hydroxylation is 4. The van der Waals surface area contributed by atoms with Crippen LogP contribution in [0.1, 0.15) is 53.2 Å². The van der Waals surface area contributed by atoms with E-state index in [0.717, 1.165) is 54.0 Å². The third-order valence-electron chi connectivity index (χ3n) is 10.3. The standard InChI is InChI=1S/C25H19ClN4O2S2.C19H14ClN3O2S2.C6H6ClN/c26-23-7-6-21(34-23)5-4-20-14-22(28-30(20)25(32)18-9-12-33-16-18)17-8-11-29(24(31)13-17)15-19-3-1-2-10-27-19;20-17-4-3-15(27-17)2-1-14-10-16(12-5-7-21-18(24)9-12)22-23(14)19(25)13-6-8-26-11-13;7-5-6-3-1-2-4-8-6/h1-3,6-14,16H,4-5,15H2;3-11H,1-2H2,(H,21,24);1-4H,5H2. The highest BCUT2D eigenvalue weighted by Crippen LogP contribution is 2.27. The highest BCUT2D eigenvalue weighted by Gasteiger charge is 2.20. The van der Waals surface area contributed by atoms with Gasteiger partial charge in [0.25, 0.3) is 17.4 Å². The van der Waals surface area contributed by atoms with E-state index in [0.29, 0.717) is 58.9 Å². The number of rotatable bonds is 13. The van der Waals surface area contributed by atoms with Gasteiger partial charge >= 0.3 is 0 Å². The molecule has 0 unspecified atom stereocenters. The van der Waals surface area contributed by atoms with Crippen molar-refractivity contribution in [3.05, 3.63) is 229 Å². The Morgan fingerprint density at radius 1 is 0.609 bits per heavy atom. The molecule has 0 atom stereocenters. The highest BCUT2D eigenvalue weighted by atomic mass is 35.5. The van der Waals surface area contributed by atoms with Crippen LogP contribution >= 0.6 is 80.1 Å². The first-order valence-electron chi connectivity index (χ1n) is 21.2. The van der Waals surface area contributed by atoms with E-state index in [9.17, 15) is 19.2 Å². The lowest BCUT2D eigenvalue weighted by Crippen LogP contribution is -2.19. The second-order valence-electron chi connectivity index (χ2n) is 15.0. The molecule has 0 spiro atoms. The van der Waals surface area contributed by atoms with Crippen LogP contribution in [0.25, 0.3) is 22.5 Å². The van der Waals surface area contributed by atoms with Gasteiger partial charge in [-0.1, -0.05) is 35.3 Å². The number of hydrogen-bond donors (Lipinski definition) is 1. The summed E-state index contributed by atoms with van der Waals surface area (Å²) in [5, 5.41) is 16.4. The molecule has 10 rings (SSSR count). The predicted octanol–water partition coefficient (Wildman–Crippen LogP) is 11.7. The van der Waals surface area contributed by atoms with E-state index in [1.165, 1.54) is 60.8 Å². The molecule has 10 aromatic heterocycles. The third kappa shape index (κ3) is 13.2. The maximum Gasteiger partial charge on any atom is 0.279 e. The Bertz CT molecular complexity index is 3380. The monoisotopic (exact) mass is 1050 g/mol. The molecule has 10 heterocycles. The zero-order valence-electron chi connectivity index (χ0n) is 36.3. The Morgan fingerprint density at radius 3 is 1.59 bits per heavy atom. The molecule has 0 fully saturated rings. The molecule has 0 aliphatic carbocycles. The summed E-state index contributed by atoms with van der Waals surface area (Å²) in [6.07, 6.45) is 9.51. The van der Waals surface area contributed by atoms with Crippen molar-refractivity contribution in [2.24, 2.45) is 0 Å². The smallest absolute Gasteiger partial charge is 0.279 e. The normalized spacial score (nSPS) is 10.8. The van der Waals surface area contributed by atoms with E-state index in [2.05, 4.69) is 25.1 Å². The lowest BCUT2D eigenvalue weighted by molar-refractivity contribution is 0.0934. The number of pyridine rings is 4. The van der Waals surface area contributed by atoms with Gasteiger partial charge in [0.15, 0.2) is 0 Å². The van der Waals surface area contributed by atoms with E-state index in [4.69, 9.17) is 34.8 Å². The molecule has 0 aliphatic rings. The Kier molecular flexibility index (Phi) is 16.9. The molecule has 0 radical (unpaired) electrons. The van der Waals surface area contributed by atoms with Crippen LogP contribution in [-0.4, -0.2) is 50.9 Å². The van der Waals surface area contributed by atoms with Gasteiger partial charge in [0.1, 0.15) is 0 Å². The van der Waals surface area contributed by atoms with Crippen molar-refractivity contribution < 1.29 is 9.59 Å². The van der Waals surface area contributed by atoms with Gasteiger partial charge in [0.2, 0.25) is 5.56 Å². The maximum absolute atomic E-state index is 13.1. The van der Waals surface area contributed by atoms with Crippen LogP contribution in [-0.2, 0) is 38.1 Å². The van der Waals surface area contributed by atoms with Crippen molar-refractivity contribution in [1.82, 2.24) is 39.1 Å². The summed E-state index contributed by atoms with van der Waals surface area (Å²) in [4.78, 5) is 63.5. The number of H-pyrrole nitrogens is 1. The van der Waals surface area contributed by atoms with Gasteiger partial charge < -0.3 is 9.55 Å². The average Bonchev–Trinajstić information content (AvgIpc) is 4.24. The number of hydrogen-bond acceptors (Lipinski definition) is 12. The van der Waals surface area contributed by atoms with Crippen molar-refractivity contribution >= 4 is 92.0 Å². The maximum atomic E-state index is 13.1. The van der Waals surface area contributed by atoms with Gasteiger partial charge in [-0.25, -0.2) is 9.36 Å². The lowest BCUT2D eigenvalue weighted by Gasteiger charge is -2.06. The Labute approximate surface area is 426 Å². The fourth-order valence-electron chi connectivity index (χ4n) is 6.87. The number of aromatic amines is 1. The van der Waals surface area contributed by atoms with Crippen molar-refractivity contribution in [1.29, 1.82) is 0 Å². The van der Waals surface area contributed by atoms with Crippen molar-refractivity contribution in [3.8, 4) is 22.5 Å². The number of nitrogens with zero attached hydrogens (tertiary/aromatic N) is 7. The van der Waals surface area contributed by atoms with Gasteiger partial charge in [0, 0.05) is 79.9 Å². The molecular formula is C50H39Cl3N8O4S4. The summed E-state index contributed by atoms with van der Waals surface area (Å²) in [7, 11) is 0. The van der Waals surface area contributed by atoms with Gasteiger partial charge in [-0.3, -0.25) is 29.1 Å². The molecular weight excluding hydrogens is 1010 g/mol. The number of thiophene rings is 4. The van der Waals surface area contributed by atoms with Crippen LogP contribution in [0.5, 0.6) is 0 Å². The first-order chi connectivity index (χ1) is 33.6. The average molecular weight is 1050 g/mol. The molecule has 0 bridgehead atoms. The Balaban J connectivity index is 0.000000163. The van der Waals surface area contributed by atoms with Gasteiger partial charge in [-0.15, -0.1) is 34.3 Å². The predicted molar refractivity (Wildman–Crippen MR) is 279 cm³/mol. The quantitative estimate of drug-likeness (QED) is 0.112. The number of alkyl halides is 1. The van der Waals surface area contributed by atoms with E-state index in [1.807, 2.05) is 95.0 Å². The summed E-state index contributed by atoms with van der Waals surface area (Å²) >= 11 is 23.5. The van der Waals surface area contributed by atoms with Gasteiger partial charge in [-0.2, -0.15) is 32.9 Å². The minimum atomic E-state index is -0.207. The van der Waals surface area contributed by atoms with Crippen LogP contribution in [0.4, 0.5) is 0 Å². The molecule has 10 aromatic rings. The molecule has 348 valence electrons. The molecule has 0 aliphatic heterocycles. The SMILES string of the molecule is ClCc1ccccn1.O=C(c1ccsc1)n1nc(-c2cc[nH]c(=O)c2)cc1CCc1ccc(Cl)s1.O=C(c1ccsc1)n1nc(-c2ccn(Cc3ccccn3)c(=O)c2)cc1CCc1ccc(Cl)s1. The molecule has 1 N–H and O–H groups in total. The number of aromatic nitrogens is 8. The second-order valence-corrected chi connectivity index (χ2v) is 20.4. The molecule has 0 saturated carbocycles. The summed E-state index contributed by atoms with van der Waals surface area (Å²) in [5.41, 5.74) is 6.67. The minimum absolute atomic E-state index is 0.156. The zero-order valence-corrected chi connectivity index (χ0v) is 41.8. The van der Waals surface area contributed by atoms with E-state index >= 15 is 0 Å². The number of carbonyl (C=O) groups is 2. The summed E-state index contributed by atoms with van der Waals surface area (Å²) in [6.45, 7) is 0.389. The molecule has 0 amide bonds. The fourth-order valence-corrected chi connectivity index (χ4v) is 10.5. The van der Waals surface area contributed by atoms with Crippen molar-refractivity contribution in [2.45, 2.75) is 38.1 Å². The van der Waals surface area contributed by atoms with Gasteiger partial charge in [-0.05, 0) is 121 Å². The summed E-state index contributed by atoms with van der Waals surface area (Å²) < 4.78 is 5.97. The molecule has 69 heavy (non-hydrogen) atoms. The number of halogens is 3. The molecule has 0 saturated heterocycles. The van der Waals surface area contributed by atoms with Crippen LogP contribution in [0, 0.1) is 0 Å². The van der Waals surface area contributed by atoms with Crippen molar-refractivity contribution in [3.63, 3.8) is 0 Å². The fraction of sp³-hybridized carbons (Fsp3) is 0.120. The van der Waals surface area contributed by atoms with Crippen molar-refractivity contribution in [2.75, 3.05) is 0 Å². The Hall–Kier alpha value is -6.37. The largest absolute Gasteiger partial charge is 0.329 e. The topological polar surface area (TPSA) is 150 Å². The number of carbonyl (C=O) groups excluding carboxylic acids is 2. The van der Waals surface area contributed by atoms with Gasteiger partial charge in [0.05, 0.1) is 55.0 Å². The first-order valence-corrected chi connectivity index (χ1v) is 26.0. The first kappa shape index (κ1) is 49.1. The lowest BCUT2D eigenvalue weighted by atomic mass is 10.1. The van der Waals surface area contributed by atoms with Crippen LogP contribution in [0.15, 0.2) is 165 Å². The summed E-state index contributed by atoms with van der Waals surface area (Å²) in [6, 6.07) is 33.0. The zero-order chi connectivity index (χ0) is 48.1. The molecule has 0 aromatic carbocycles. The molecule has 19 heteroatoms. The highest BCUT2D eigenvalue weighted by molar-refractivity contribution is 7.16. The van der Waals surface area contributed by atoms with E-state index in [1.54, 1.807) is 59.0 Å². The summed E-state index contributed by atoms with van der Waals surface area (Å²) in [5.74, 6) is 0.141. The van der Waals surface area contributed by atoms with Crippen LogP contribution in [0.3, 0.4) is 0 Å². The van der Waals surface area contributed by atoms with E-state index in [-0.39, 0.29) is 22.9 Å². The third-order valence-corrected chi connectivity index (χ3v) is 14.5. The Morgan fingerprint density at radius 2 is 1.16 bits per heavy atom. The molecule has 12 nitrogen and oxygen atoms in total. The van der Waals surface area contributed by atoms with Crippen LogP contribution < -0.4 is 11.1 Å². The minimum Gasteiger partial charge on any atom is -0.329 e. The number of nitrogens with one attached hydrogen (secondary N) is 1. The van der Waals surface area contributed by atoms with Crippen LogP contribution in [0.2, 0.25) is 8.67 Å². The van der Waals surface area contributed by atoms with E-state index < -0.39 is 0 Å². The second kappa shape index (κ2) is 23.8.